The van der Waals surface area contributed by atoms with Crippen LogP contribution in [0, 0.1) is 5.41 Å². The van der Waals surface area contributed by atoms with E-state index < -0.39 is 23.7 Å². The minimum absolute atomic E-state index is 0.166. The zero-order chi connectivity index (χ0) is 24.8. The molecular formula is C21H50N6O6. The summed E-state index contributed by atoms with van der Waals surface area (Å²) in [6.45, 7) is 7.17. The molecule has 0 aliphatic rings. The van der Waals surface area contributed by atoms with E-state index in [1.165, 1.54) is 0 Å². The molecule has 0 heterocycles. The van der Waals surface area contributed by atoms with Crippen LogP contribution < -0.4 is 33.4 Å². The third-order valence-corrected chi connectivity index (χ3v) is 5.17. The molecule has 12 heteroatoms. The third-order valence-electron chi connectivity index (χ3n) is 5.17. The highest BCUT2D eigenvalue weighted by Gasteiger charge is 2.31. The summed E-state index contributed by atoms with van der Waals surface area (Å²) in [6.07, 6.45) is 0.144. The van der Waals surface area contributed by atoms with Crippen LogP contribution >= 0.6 is 0 Å². The number of hydrazine groups is 1. The van der Waals surface area contributed by atoms with Crippen LogP contribution in [0.4, 0.5) is 0 Å². The number of aliphatic hydroxyl groups is 3. The topological polar surface area (TPSA) is 203 Å². The maximum atomic E-state index is 10.1. The lowest BCUT2D eigenvalue weighted by Crippen LogP contribution is -2.41. The molecule has 200 valence electrons. The third kappa shape index (κ3) is 18.5. The Kier molecular flexibility index (Phi) is 21.7. The van der Waals surface area contributed by atoms with E-state index in [1.54, 1.807) is 0 Å². The second kappa shape index (κ2) is 22.0. The number of hydrogen-bond acceptors (Lipinski definition) is 12. The van der Waals surface area contributed by atoms with Gasteiger partial charge in [0.2, 0.25) is 0 Å². The van der Waals surface area contributed by atoms with E-state index in [4.69, 9.17) is 31.5 Å². The molecule has 3 unspecified atom stereocenters. The van der Waals surface area contributed by atoms with Crippen molar-refractivity contribution in [1.29, 1.82) is 0 Å². The highest BCUT2D eigenvalue weighted by atomic mass is 16.5. The number of ether oxygens (including phenoxy) is 3. The Morgan fingerprint density at radius 1 is 0.758 bits per heavy atom. The van der Waals surface area contributed by atoms with Gasteiger partial charge >= 0.3 is 0 Å². The number of nitrogens with one attached hydrogen (secondary N) is 3. The molecule has 0 amide bonds. The van der Waals surface area contributed by atoms with Gasteiger partial charge in [0.1, 0.15) is 0 Å². The van der Waals surface area contributed by atoms with Gasteiger partial charge in [0, 0.05) is 51.2 Å². The summed E-state index contributed by atoms with van der Waals surface area (Å²) in [4.78, 5) is 0. The molecule has 0 saturated carbocycles. The number of rotatable bonds is 25. The summed E-state index contributed by atoms with van der Waals surface area (Å²) in [5, 5.41) is 36.3. The van der Waals surface area contributed by atoms with Crippen LogP contribution in [-0.4, -0.2) is 119 Å². The molecule has 0 rings (SSSR count). The van der Waals surface area contributed by atoms with Crippen LogP contribution in [0.5, 0.6) is 0 Å². The van der Waals surface area contributed by atoms with Gasteiger partial charge in [0.25, 0.3) is 0 Å². The average molecular weight is 483 g/mol. The maximum absolute atomic E-state index is 10.1. The summed E-state index contributed by atoms with van der Waals surface area (Å²) < 4.78 is 17.4. The van der Waals surface area contributed by atoms with Crippen molar-refractivity contribution in [3.05, 3.63) is 0 Å². The lowest BCUT2D eigenvalue weighted by atomic mass is 9.88. The van der Waals surface area contributed by atoms with Crippen molar-refractivity contribution in [2.75, 3.05) is 85.5 Å². The van der Waals surface area contributed by atoms with E-state index in [-0.39, 0.29) is 19.8 Å². The molecule has 12 N–H and O–H groups in total. The van der Waals surface area contributed by atoms with E-state index in [0.717, 1.165) is 6.42 Å². The monoisotopic (exact) mass is 482 g/mol. The smallest absolute Gasteiger partial charge is 0.0897 e. The second-order valence-electron chi connectivity index (χ2n) is 8.44. The van der Waals surface area contributed by atoms with Gasteiger partial charge in [0.15, 0.2) is 0 Å². The molecule has 12 nitrogen and oxygen atoms in total. The van der Waals surface area contributed by atoms with Crippen molar-refractivity contribution in [2.45, 2.75) is 44.5 Å². The Balaban J connectivity index is 4.64. The molecule has 0 aliphatic heterocycles. The molecule has 0 fully saturated rings. The Hall–Kier alpha value is -0.480. The summed E-state index contributed by atoms with van der Waals surface area (Å²) in [5.41, 5.74) is 13.0. The lowest BCUT2D eigenvalue weighted by Gasteiger charge is -2.33. The first kappa shape index (κ1) is 32.5. The average Bonchev–Trinajstić information content (AvgIpc) is 2.79. The summed E-state index contributed by atoms with van der Waals surface area (Å²) in [7, 11) is 0. The van der Waals surface area contributed by atoms with Crippen molar-refractivity contribution in [2.24, 2.45) is 22.7 Å². The SMILES string of the molecule is CCC(COCC(O)CCCNN)(COCC(O)CNCCN)COCC(O)CNCCN. The van der Waals surface area contributed by atoms with E-state index in [2.05, 4.69) is 16.1 Å². The predicted molar refractivity (Wildman–Crippen MR) is 128 cm³/mol. The zero-order valence-corrected chi connectivity index (χ0v) is 20.3. The normalized spacial score (nSPS) is 16.5. The van der Waals surface area contributed by atoms with E-state index in [9.17, 15) is 15.3 Å². The largest absolute Gasteiger partial charge is 0.391 e. The molecule has 0 aromatic carbocycles. The Labute approximate surface area is 198 Å². The first-order valence-corrected chi connectivity index (χ1v) is 12.0. The van der Waals surface area contributed by atoms with Gasteiger partial charge in [-0.15, -0.1) is 0 Å². The van der Waals surface area contributed by atoms with Crippen molar-refractivity contribution in [1.82, 2.24) is 16.1 Å². The fourth-order valence-electron chi connectivity index (χ4n) is 3.05. The maximum Gasteiger partial charge on any atom is 0.0897 e. The molecular weight excluding hydrogens is 432 g/mol. The molecule has 0 aliphatic carbocycles. The van der Waals surface area contributed by atoms with Crippen LogP contribution in [0.3, 0.4) is 0 Å². The molecule has 0 radical (unpaired) electrons. The number of aliphatic hydroxyl groups excluding tert-OH is 3. The van der Waals surface area contributed by atoms with Gasteiger partial charge in [-0.25, -0.2) is 0 Å². The predicted octanol–water partition coefficient (Wildman–Crippen LogP) is -3.14. The number of nitrogens with two attached hydrogens (primary N) is 3. The summed E-state index contributed by atoms with van der Waals surface area (Å²) in [6, 6.07) is 0. The fourth-order valence-corrected chi connectivity index (χ4v) is 3.05. The van der Waals surface area contributed by atoms with Crippen molar-refractivity contribution in [3.63, 3.8) is 0 Å². The summed E-state index contributed by atoms with van der Waals surface area (Å²) >= 11 is 0. The van der Waals surface area contributed by atoms with Gasteiger partial charge in [-0.2, -0.15) is 0 Å². The van der Waals surface area contributed by atoms with Gasteiger partial charge in [-0.3, -0.25) is 11.3 Å². The summed E-state index contributed by atoms with van der Waals surface area (Å²) in [5.74, 6) is 5.25. The van der Waals surface area contributed by atoms with Crippen LogP contribution in [0.15, 0.2) is 0 Å². The molecule has 0 bridgehead atoms. The van der Waals surface area contributed by atoms with E-state index in [1.807, 2.05) is 6.92 Å². The number of hydrogen-bond donors (Lipinski definition) is 9. The van der Waals surface area contributed by atoms with Crippen molar-refractivity contribution < 1.29 is 29.5 Å². The zero-order valence-electron chi connectivity index (χ0n) is 20.3. The van der Waals surface area contributed by atoms with Gasteiger partial charge < -0.3 is 51.6 Å². The fraction of sp³-hybridized carbons (Fsp3) is 1.00. The lowest BCUT2D eigenvalue weighted by molar-refractivity contribution is -0.0999. The van der Waals surface area contributed by atoms with Crippen LogP contribution in [0.25, 0.3) is 0 Å². The van der Waals surface area contributed by atoms with Crippen molar-refractivity contribution >= 4 is 0 Å². The Morgan fingerprint density at radius 3 is 1.61 bits per heavy atom. The minimum Gasteiger partial charge on any atom is -0.391 e. The van der Waals surface area contributed by atoms with Crippen LogP contribution in [-0.2, 0) is 14.2 Å². The molecule has 33 heavy (non-hydrogen) atoms. The van der Waals surface area contributed by atoms with E-state index in [0.29, 0.717) is 78.5 Å². The molecule has 0 aromatic heterocycles. The minimum atomic E-state index is -0.652. The Morgan fingerprint density at radius 2 is 1.21 bits per heavy atom. The van der Waals surface area contributed by atoms with Gasteiger partial charge in [0.05, 0.1) is 58.0 Å². The molecule has 0 saturated heterocycles. The van der Waals surface area contributed by atoms with Gasteiger partial charge in [-0.05, 0) is 19.3 Å². The molecule has 0 aromatic rings. The van der Waals surface area contributed by atoms with Crippen molar-refractivity contribution in [3.8, 4) is 0 Å². The highest BCUT2D eigenvalue weighted by Crippen LogP contribution is 2.24. The first-order valence-electron chi connectivity index (χ1n) is 12.0. The van der Waals surface area contributed by atoms with Gasteiger partial charge in [-0.1, -0.05) is 6.92 Å². The van der Waals surface area contributed by atoms with E-state index >= 15 is 0 Å². The second-order valence-corrected chi connectivity index (χ2v) is 8.44. The highest BCUT2D eigenvalue weighted by molar-refractivity contribution is 4.79. The quantitative estimate of drug-likeness (QED) is 0.0360. The van der Waals surface area contributed by atoms with Crippen LogP contribution in [0.2, 0.25) is 0 Å². The molecule has 0 spiro atoms. The first-order chi connectivity index (χ1) is 15.9. The molecule has 3 atom stereocenters. The van der Waals surface area contributed by atoms with Crippen LogP contribution in [0.1, 0.15) is 26.2 Å². The Bertz CT molecular complexity index is 372. The standard InChI is InChI=1S/C21H50N6O6/c1-2-21(15-31-12-18(28)4-3-7-27-24,16-32-13-19(29)10-25-8-5-22)17-33-14-20(30)11-26-9-6-23/h18-20,25-30H,2-17,22-24H2,1H3.